The van der Waals surface area contributed by atoms with E-state index in [-0.39, 0.29) is 0 Å². The number of rotatable bonds is 5. The average molecular weight is 482 g/mol. The van der Waals surface area contributed by atoms with Crippen molar-refractivity contribution in [1.82, 2.24) is 4.90 Å². The van der Waals surface area contributed by atoms with Crippen molar-refractivity contribution in [2.75, 3.05) is 68.8 Å². The van der Waals surface area contributed by atoms with E-state index in [1.54, 1.807) is 11.3 Å². The first-order valence-corrected chi connectivity index (χ1v) is 14.9. The topological polar surface area (TPSA) is 19.0 Å². The number of nitrogens with zero attached hydrogens (tertiary/aromatic N) is 3. The highest BCUT2D eigenvalue weighted by Gasteiger charge is 2.32. The summed E-state index contributed by atoms with van der Waals surface area (Å²) in [5, 5.41) is 0. The molecular formula is C31H51N3O. The predicted octanol–water partition coefficient (Wildman–Crippen LogP) is 6.55. The second kappa shape index (κ2) is 11.4. The van der Waals surface area contributed by atoms with Gasteiger partial charge >= 0.3 is 0 Å². The van der Waals surface area contributed by atoms with Crippen molar-refractivity contribution in [3.8, 4) is 0 Å². The number of hydrogen-bond donors (Lipinski definition) is 0. The second-order valence-corrected chi connectivity index (χ2v) is 13.0. The van der Waals surface area contributed by atoms with E-state index in [1.807, 2.05) is 0 Å². The van der Waals surface area contributed by atoms with Gasteiger partial charge in [0.25, 0.3) is 0 Å². The molecule has 0 atom stereocenters. The highest BCUT2D eigenvalue weighted by Crippen LogP contribution is 2.46. The number of hydrogen-bond acceptors (Lipinski definition) is 4. The third-order valence-corrected chi connectivity index (χ3v) is 9.69. The van der Waals surface area contributed by atoms with Crippen LogP contribution in [0.1, 0.15) is 90.0 Å². The molecular weight excluding hydrogens is 430 g/mol. The molecule has 0 amide bonds. The molecule has 35 heavy (non-hydrogen) atoms. The fourth-order valence-electron chi connectivity index (χ4n) is 7.24. The Kier molecular flexibility index (Phi) is 8.29. The van der Waals surface area contributed by atoms with Crippen molar-refractivity contribution in [1.29, 1.82) is 0 Å². The molecule has 0 bridgehead atoms. The van der Waals surface area contributed by atoms with Gasteiger partial charge in [-0.2, -0.15) is 0 Å². The first-order valence-electron chi connectivity index (χ1n) is 14.9. The van der Waals surface area contributed by atoms with E-state index < -0.39 is 0 Å². The van der Waals surface area contributed by atoms with Crippen molar-refractivity contribution in [2.45, 2.75) is 84.5 Å². The highest BCUT2D eigenvalue weighted by molar-refractivity contribution is 5.63. The Morgan fingerprint density at radius 1 is 0.771 bits per heavy atom. The van der Waals surface area contributed by atoms with Crippen LogP contribution in [0.2, 0.25) is 0 Å². The minimum Gasteiger partial charge on any atom is -0.381 e. The molecule has 4 aliphatic rings. The molecule has 1 saturated carbocycles. The summed E-state index contributed by atoms with van der Waals surface area (Å²) in [7, 11) is 0. The van der Waals surface area contributed by atoms with Crippen molar-refractivity contribution < 1.29 is 4.74 Å². The van der Waals surface area contributed by atoms with Gasteiger partial charge in [-0.15, -0.1) is 0 Å². The van der Waals surface area contributed by atoms with E-state index in [4.69, 9.17) is 4.74 Å². The number of piperidine rings is 1. The summed E-state index contributed by atoms with van der Waals surface area (Å²) < 4.78 is 5.58. The van der Waals surface area contributed by atoms with Gasteiger partial charge in [0.1, 0.15) is 0 Å². The number of anilines is 2. The van der Waals surface area contributed by atoms with Crippen LogP contribution in [0.25, 0.3) is 0 Å². The summed E-state index contributed by atoms with van der Waals surface area (Å²) in [5.74, 6) is 2.45. The molecule has 4 nitrogen and oxygen atoms in total. The Labute approximate surface area is 215 Å². The van der Waals surface area contributed by atoms with Gasteiger partial charge in [-0.1, -0.05) is 20.8 Å². The molecule has 4 fully saturated rings. The van der Waals surface area contributed by atoms with E-state index in [0.717, 1.165) is 31.0 Å². The quantitative estimate of drug-likeness (QED) is 0.475. The van der Waals surface area contributed by atoms with Crippen LogP contribution in [-0.4, -0.2) is 63.9 Å². The lowest BCUT2D eigenvalue weighted by Crippen LogP contribution is -2.48. The van der Waals surface area contributed by atoms with E-state index in [1.165, 1.54) is 109 Å². The molecule has 1 aromatic rings. The molecule has 196 valence electrons. The lowest BCUT2D eigenvalue weighted by Gasteiger charge is -2.41. The van der Waals surface area contributed by atoms with Crippen LogP contribution in [0.15, 0.2) is 18.2 Å². The van der Waals surface area contributed by atoms with Crippen LogP contribution < -0.4 is 9.80 Å². The summed E-state index contributed by atoms with van der Waals surface area (Å²) >= 11 is 0. The summed E-state index contributed by atoms with van der Waals surface area (Å²) in [6.07, 6.45) is 12.1. The Morgan fingerprint density at radius 2 is 1.46 bits per heavy atom. The number of ether oxygens (including phenoxy) is 1. The van der Waals surface area contributed by atoms with Gasteiger partial charge in [0, 0.05) is 70.4 Å². The zero-order valence-corrected chi connectivity index (χ0v) is 22.9. The van der Waals surface area contributed by atoms with Gasteiger partial charge in [0.2, 0.25) is 0 Å². The molecule has 3 aliphatic heterocycles. The monoisotopic (exact) mass is 481 g/mol. The SMILES string of the molecule is CC(C)(C)C1CCC(c2cc(N3CCCCC3)ccc2N2CCN(CC3CCOCC3)CC2)CC1. The van der Waals surface area contributed by atoms with Gasteiger partial charge in [-0.3, -0.25) is 4.90 Å². The highest BCUT2D eigenvalue weighted by atomic mass is 16.5. The van der Waals surface area contributed by atoms with Gasteiger partial charge in [-0.25, -0.2) is 0 Å². The maximum absolute atomic E-state index is 5.58. The molecule has 3 heterocycles. The summed E-state index contributed by atoms with van der Waals surface area (Å²) in [5.41, 5.74) is 5.15. The Morgan fingerprint density at radius 3 is 2.11 bits per heavy atom. The first-order chi connectivity index (χ1) is 17.0. The van der Waals surface area contributed by atoms with Crippen LogP contribution in [0, 0.1) is 17.3 Å². The second-order valence-electron chi connectivity index (χ2n) is 13.0. The molecule has 0 spiro atoms. The lowest BCUT2D eigenvalue weighted by molar-refractivity contribution is 0.0517. The molecule has 1 aromatic carbocycles. The van der Waals surface area contributed by atoms with Crippen molar-refractivity contribution in [2.24, 2.45) is 17.3 Å². The molecule has 4 heteroatoms. The lowest BCUT2D eigenvalue weighted by atomic mass is 9.68. The maximum atomic E-state index is 5.58. The van der Waals surface area contributed by atoms with E-state index in [0.29, 0.717) is 5.41 Å². The minimum atomic E-state index is 0.449. The number of benzene rings is 1. The molecule has 3 saturated heterocycles. The fourth-order valence-corrected chi connectivity index (χ4v) is 7.24. The molecule has 5 rings (SSSR count). The van der Waals surface area contributed by atoms with Crippen LogP contribution >= 0.6 is 0 Å². The van der Waals surface area contributed by atoms with E-state index in [2.05, 4.69) is 53.7 Å². The molecule has 0 aromatic heterocycles. The zero-order chi connectivity index (χ0) is 24.3. The zero-order valence-electron chi connectivity index (χ0n) is 22.9. The third-order valence-electron chi connectivity index (χ3n) is 9.69. The van der Waals surface area contributed by atoms with Gasteiger partial charge < -0.3 is 14.5 Å². The normalized spacial score (nSPS) is 27.9. The maximum Gasteiger partial charge on any atom is 0.0469 e. The Balaban J connectivity index is 1.29. The van der Waals surface area contributed by atoms with Crippen LogP contribution in [0.3, 0.4) is 0 Å². The third kappa shape index (κ3) is 6.36. The van der Waals surface area contributed by atoms with Crippen molar-refractivity contribution >= 4 is 11.4 Å². The fraction of sp³-hybridized carbons (Fsp3) is 0.806. The van der Waals surface area contributed by atoms with Gasteiger partial charge in [0.15, 0.2) is 0 Å². The van der Waals surface area contributed by atoms with Crippen LogP contribution in [0.4, 0.5) is 11.4 Å². The molecule has 0 N–H and O–H groups in total. The largest absolute Gasteiger partial charge is 0.381 e. The summed E-state index contributed by atoms with van der Waals surface area (Å²) in [6, 6.07) is 7.57. The van der Waals surface area contributed by atoms with Crippen LogP contribution in [0.5, 0.6) is 0 Å². The molecule has 1 aliphatic carbocycles. The van der Waals surface area contributed by atoms with Crippen LogP contribution in [-0.2, 0) is 4.74 Å². The van der Waals surface area contributed by atoms with E-state index in [9.17, 15) is 0 Å². The molecule has 0 radical (unpaired) electrons. The van der Waals surface area contributed by atoms with E-state index >= 15 is 0 Å². The van der Waals surface area contributed by atoms with Gasteiger partial charge in [-0.05, 0) is 105 Å². The smallest absolute Gasteiger partial charge is 0.0469 e. The standard InChI is InChI=1S/C31H51N3O/c1-31(2,3)27-9-7-26(8-10-27)29-23-28(33-15-5-4-6-16-33)11-12-30(29)34-19-17-32(18-20-34)24-25-13-21-35-22-14-25/h11-12,23,25-27H,4-10,13-22,24H2,1-3H3. The van der Waals surface area contributed by atoms with Crippen molar-refractivity contribution in [3.63, 3.8) is 0 Å². The summed E-state index contributed by atoms with van der Waals surface area (Å²) in [6.45, 7) is 17.8. The van der Waals surface area contributed by atoms with Crippen molar-refractivity contribution in [3.05, 3.63) is 23.8 Å². The average Bonchev–Trinajstić information content (AvgIpc) is 2.90. The molecule has 0 unspecified atom stereocenters. The Bertz CT molecular complexity index is 790. The number of piperazine rings is 1. The van der Waals surface area contributed by atoms with Gasteiger partial charge in [0.05, 0.1) is 0 Å². The Hall–Kier alpha value is -1.26. The predicted molar refractivity (Wildman–Crippen MR) is 149 cm³/mol. The minimum absolute atomic E-state index is 0.449. The summed E-state index contributed by atoms with van der Waals surface area (Å²) in [4.78, 5) is 8.11. The first kappa shape index (κ1) is 25.4.